The summed E-state index contributed by atoms with van der Waals surface area (Å²) in [4.78, 5) is 16.8. The van der Waals surface area contributed by atoms with Gasteiger partial charge in [-0.2, -0.15) is 0 Å². The normalized spacial score (nSPS) is 22.7. The minimum Gasteiger partial charge on any atom is -0.317 e. The fourth-order valence-electron chi connectivity index (χ4n) is 2.36. The number of carbonyl (C=O) groups excluding carboxylic acids is 1. The molecule has 4 nitrogen and oxygen atoms in total. The maximum Gasteiger partial charge on any atom is 0.232 e. The number of rotatable bonds is 3. The molecule has 1 aromatic rings. The van der Waals surface area contributed by atoms with Gasteiger partial charge in [0, 0.05) is 16.7 Å². The highest BCUT2D eigenvalue weighted by Crippen LogP contribution is 2.41. The van der Waals surface area contributed by atoms with E-state index in [1.165, 1.54) is 12.8 Å². The molecule has 0 aromatic carbocycles. The first-order chi connectivity index (χ1) is 8.67. The fourth-order valence-corrected chi connectivity index (χ4v) is 3.15. The van der Waals surface area contributed by atoms with Gasteiger partial charge in [-0.3, -0.25) is 4.79 Å². The highest BCUT2D eigenvalue weighted by Gasteiger charge is 2.35. The lowest BCUT2D eigenvalue weighted by Crippen LogP contribution is -2.42. The van der Waals surface area contributed by atoms with Crippen molar-refractivity contribution in [2.45, 2.75) is 38.5 Å². The molecule has 1 aromatic heterocycles. The minimum atomic E-state index is -0.239. The monoisotopic (exact) mass is 265 g/mol. The highest BCUT2D eigenvalue weighted by atomic mass is 32.1. The molecule has 1 aliphatic carbocycles. The maximum atomic E-state index is 12.3. The molecule has 0 unspecified atom stereocenters. The first kappa shape index (κ1) is 12.1. The lowest BCUT2D eigenvalue weighted by Gasteiger charge is -2.32. The number of hydrogen-bond donors (Lipinski definition) is 2. The second-order valence-corrected chi connectivity index (χ2v) is 6.47. The summed E-state index contributed by atoms with van der Waals surface area (Å²) in [7, 11) is 0. The van der Waals surface area contributed by atoms with Crippen LogP contribution in [0.3, 0.4) is 0 Å². The Hall–Kier alpha value is -0.940. The Morgan fingerprint density at radius 3 is 2.89 bits per heavy atom. The van der Waals surface area contributed by atoms with Crippen molar-refractivity contribution < 1.29 is 4.79 Å². The van der Waals surface area contributed by atoms with Gasteiger partial charge >= 0.3 is 0 Å². The molecule has 1 amide bonds. The molecule has 2 heterocycles. The van der Waals surface area contributed by atoms with Gasteiger partial charge in [0.2, 0.25) is 5.91 Å². The van der Waals surface area contributed by atoms with Crippen LogP contribution in [0.1, 0.15) is 44.2 Å². The van der Waals surface area contributed by atoms with E-state index in [2.05, 4.69) is 27.9 Å². The van der Waals surface area contributed by atoms with E-state index in [-0.39, 0.29) is 11.3 Å². The fraction of sp³-hybridized carbons (Fsp3) is 0.692. The van der Waals surface area contributed by atoms with Crippen molar-refractivity contribution in [1.82, 2.24) is 10.3 Å². The van der Waals surface area contributed by atoms with Crippen molar-refractivity contribution in [2.24, 2.45) is 5.41 Å². The Balaban J connectivity index is 1.65. The summed E-state index contributed by atoms with van der Waals surface area (Å²) in [5, 5.41) is 9.14. The second-order valence-electron chi connectivity index (χ2n) is 5.62. The molecule has 2 N–H and O–H groups in total. The zero-order chi connectivity index (χ0) is 12.6. The molecular formula is C13H19N3OS. The average molecular weight is 265 g/mol. The van der Waals surface area contributed by atoms with Gasteiger partial charge in [0.25, 0.3) is 0 Å². The standard InChI is InChI=1S/C13H19N3OS/c1-13(4-6-14-7-5-13)11(17)16-12-15-10(8-18-12)9-2-3-9/h8-9,14H,2-7H2,1H3,(H,15,16,17). The molecule has 98 valence electrons. The van der Waals surface area contributed by atoms with Gasteiger partial charge in [0.05, 0.1) is 5.69 Å². The third-order valence-electron chi connectivity index (χ3n) is 3.99. The third kappa shape index (κ3) is 2.42. The SMILES string of the molecule is CC1(C(=O)Nc2nc(C3CC3)cs2)CCNCC1. The van der Waals surface area contributed by atoms with Gasteiger partial charge in [-0.25, -0.2) is 4.98 Å². The Morgan fingerprint density at radius 2 is 2.22 bits per heavy atom. The molecule has 0 spiro atoms. The lowest BCUT2D eigenvalue weighted by molar-refractivity contribution is -0.126. The van der Waals surface area contributed by atoms with Crippen LogP contribution in [0, 0.1) is 5.41 Å². The van der Waals surface area contributed by atoms with E-state index in [4.69, 9.17) is 0 Å². The molecule has 1 saturated carbocycles. The molecule has 0 atom stereocenters. The van der Waals surface area contributed by atoms with E-state index in [0.717, 1.165) is 36.8 Å². The van der Waals surface area contributed by atoms with E-state index in [1.54, 1.807) is 11.3 Å². The van der Waals surface area contributed by atoms with E-state index >= 15 is 0 Å². The molecule has 2 fully saturated rings. The highest BCUT2D eigenvalue weighted by molar-refractivity contribution is 7.13. The van der Waals surface area contributed by atoms with Crippen LogP contribution >= 0.6 is 11.3 Å². The van der Waals surface area contributed by atoms with Crippen LogP contribution in [0.4, 0.5) is 5.13 Å². The van der Waals surface area contributed by atoms with Gasteiger partial charge in [0.15, 0.2) is 5.13 Å². The van der Waals surface area contributed by atoms with Gasteiger partial charge in [-0.1, -0.05) is 6.92 Å². The number of hydrogen-bond acceptors (Lipinski definition) is 4. The number of anilines is 1. The Morgan fingerprint density at radius 1 is 1.50 bits per heavy atom. The number of nitrogens with one attached hydrogen (secondary N) is 2. The van der Waals surface area contributed by atoms with Crippen LogP contribution < -0.4 is 10.6 Å². The predicted molar refractivity (Wildman–Crippen MR) is 72.9 cm³/mol. The number of piperidine rings is 1. The zero-order valence-electron chi connectivity index (χ0n) is 10.7. The van der Waals surface area contributed by atoms with Crippen molar-refractivity contribution in [1.29, 1.82) is 0 Å². The van der Waals surface area contributed by atoms with Crippen molar-refractivity contribution >= 4 is 22.4 Å². The number of thiazole rings is 1. The molecule has 1 aliphatic heterocycles. The van der Waals surface area contributed by atoms with Crippen LogP contribution in [-0.4, -0.2) is 24.0 Å². The summed E-state index contributed by atoms with van der Waals surface area (Å²) in [5.74, 6) is 0.780. The molecule has 5 heteroatoms. The molecule has 0 bridgehead atoms. The summed E-state index contributed by atoms with van der Waals surface area (Å²) in [6.07, 6.45) is 4.31. The molecular weight excluding hydrogens is 246 g/mol. The van der Waals surface area contributed by atoms with Crippen molar-refractivity contribution in [2.75, 3.05) is 18.4 Å². The van der Waals surface area contributed by atoms with E-state index in [1.807, 2.05) is 0 Å². The van der Waals surface area contributed by atoms with Crippen molar-refractivity contribution in [3.05, 3.63) is 11.1 Å². The number of amides is 1. The molecule has 2 aliphatic rings. The second kappa shape index (κ2) is 4.63. The smallest absolute Gasteiger partial charge is 0.232 e. The van der Waals surface area contributed by atoms with Gasteiger partial charge < -0.3 is 10.6 Å². The minimum absolute atomic E-state index is 0.126. The van der Waals surface area contributed by atoms with E-state index in [0.29, 0.717) is 5.92 Å². The maximum absolute atomic E-state index is 12.3. The largest absolute Gasteiger partial charge is 0.317 e. The van der Waals surface area contributed by atoms with E-state index in [9.17, 15) is 4.79 Å². The van der Waals surface area contributed by atoms with Crippen LogP contribution in [0.5, 0.6) is 0 Å². The number of aromatic nitrogens is 1. The topological polar surface area (TPSA) is 54.0 Å². The van der Waals surface area contributed by atoms with Crippen molar-refractivity contribution in [3.8, 4) is 0 Å². The summed E-state index contributed by atoms with van der Waals surface area (Å²) in [6.45, 7) is 3.91. The third-order valence-corrected chi connectivity index (χ3v) is 4.77. The molecule has 0 radical (unpaired) electrons. The molecule has 18 heavy (non-hydrogen) atoms. The van der Waals surface area contributed by atoms with Crippen molar-refractivity contribution in [3.63, 3.8) is 0 Å². The first-order valence-corrected chi connectivity index (χ1v) is 7.53. The number of carbonyl (C=O) groups is 1. The van der Waals surface area contributed by atoms with Crippen LogP contribution in [0.15, 0.2) is 5.38 Å². The molecule has 3 rings (SSSR count). The lowest BCUT2D eigenvalue weighted by atomic mass is 9.80. The summed E-state index contributed by atoms with van der Waals surface area (Å²) in [5.41, 5.74) is 0.919. The quantitative estimate of drug-likeness (QED) is 0.882. The first-order valence-electron chi connectivity index (χ1n) is 6.65. The Bertz CT molecular complexity index is 447. The average Bonchev–Trinajstić information content (AvgIpc) is 3.11. The number of nitrogens with zero attached hydrogens (tertiary/aromatic N) is 1. The zero-order valence-corrected chi connectivity index (χ0v) is 11.5. The Kier molecular flexibility index (Phi) is 3.11. The Labute approximate surface area is 111 Å². The van der Waals surface area contributed by atoms with Gasteiger partial charge in [-0.05, 0) is 38.8 Å². The summed E-state index contributed by atoms with van der Waals surface area (Å²) >= 11 is 1.55. The van der Waals surface area contributed by atoms with E-state index < -0.39 is 0 Å². The summed E-state index contributed by atoms with van der Waals surface area (Å²) < 4.78 is 0. The van der Waals surface area contributed by atoms with Crippen LogP contribution in [0.25, 0.3) is 0 Å². The van der Waals surface area contributed by atoms with Crippen LogP contribution in [-0.2, 0) is 4.79 Å². The van der Waals surface area contributed by atoms with Gasteiger partial charge in [-0.15, -0.1) is 11.3 Å². The van der Waals surface area contributed by atoms with Gasteiger partial charge in [0.1, 0.15) is 0 Å². The molecule has 1 saturated heterocycles. The summed E-state index contributed by atoms with van der Waals surface area (Å²) in [6, 6.07) is 0. The van der Waals surface area contributed by atoms with Crippen LogP contribution in [0.2, 0.25) is 0 Å². The predicted octanol–water partition coefficient (Wildman–Crippen LogP) is 2.35.